The molecule has 1 aromatic carbocycles. The summed E-state index contributed by atoms with van der Waals surface area (Å²) in [5.74, 6) is -0.286. The van der Waals surface area contributed by atoms with Crippen LogP contribution in [-0.4, -0.2) is 45.0 Å². The average molecular weight is 369 g/mol. The summed E-state index contributed by atoms with van der Waals surface area (Å²) >= 11 is 0. The molecule has 0 spiro atoms. The standard InChI is InChI=1S/C20H24FN5O/c1-11-16(20(2)5-6-25(10-20)9-12-3-4-12)19-23-15-8-13(21)7-14(18(22)27)17(15)26(19)24-11/h7-8,12,24H,3-6,9-10H2,1-2H3,(H2,22,27). The fourth-order valence-electron chi connectivity index (χ4n) is 4.84. The predicted octanol–water partition coefficient (Wildman–Crippen LogP) is 2.74. The molecule has 6 nitrogen and oxygen atoms in total. The number of nitrogens with zero attached hydrogens (tertiary/aromatic N) is 3. The molecule has 1 aliphatic heterocycles. The van der Waals surface area contributed by atoms with E-state index >= 15 is 0 Å². The quantitative estimate of drug-likeness (QED) is 0.742. The monoisotopic (exact) mass is 369 g/mol. The van der Waals surface area contributed by atoms with Gasteiger partial charge < -0.3 is 10.6 Å². The predicted molar refractivity (Wildman–Crippen MR) is 101 cm³/mol. The number of hydrogen-bond donors (Lipinski definition) is 2. The molecule has 1 atom stereocenters. The van der Waals surface area contributed by atoms with Crippen LogP contribution in [0.1, 0.15) is 47.8 Å². The van der Waals surface area contributed by atoms with E-state index in [0.717, 1.165) is 42.3 Å². The van der Waals surface area contributed by atoms with Crippen molar-refractivity contribution in [1.82, 2.24) is 19.5 Å². The van der Waals surface area contributed by atoms with Crippen LogP contribution in [-0.2, 0) is 5.41 Å². The van der Waals surface area contributed by atoms with E-state index in [9.17, 15) is 9.18 Å². The Morgan fingerprint density at radius 1 is 1.44 bits per heavy atom. The molecule has 1 saturated carbocycles. The number of rotatable bonds is 4. The average Bonchev–Trinajstić information content (AvgIpc) is 3.10. The summed E-state index contributed by atoms with van der Waals surface area (Å²) < 4.78 is 15.8. The number of halogens is 1. The first-order chi connectivity index (χ1) is 12.9. The lowest BCUT2D eigenvalue weighted by molar-refractivity contribution is 0.100. The van der Waals surface area contributed by atoms with Crippen molar-refractivity contribution >= 4 is 22.6 Å². The van der Waals surface area contributed by atoms with E-state index in [-0.39, 0.29) is 11.0 Å². The lowest BCUT2D eigenvalue weighted by Crippen LogP contribution is -2.30. The van der Waals surface area contributed by atoms with Gasteiger partial charge in [-0.25, -0.2) is 13.9 Å². The molecule has 3 aromatic rings. The Bertz CT molecular complexity index is 1080. The first kappa shape index (κ1) is 16.7. The molecule has 2 aromatic heterocycles. The number of amides is 1. The number of aromatic nitrogens is 3. The Morgan fingerprint density at radius 3 is 2.93 bits per heavy atom. The van der Waals surface area contributed by atoms with Gasteiger partial charge in [0.25, 0.3) is 5.91 Å². The van der Waals surface area contributed by atoms with Gasteiger partial charge in [0, 0.05) is 35.8 Å². The molecule has 1 unspecified atom stereocenters. The molecule has 0 radical (unpaired) electrons. The number of nitrogens with two attached hydrogens (primary N) is 1. The molecule has 2 aliphatic rings. The number of likely N-dealkylation sites (tertiary alicyclic amines) is 1. The molecule has 1 saturated heterocycles. The number of fused-ring (bicyclic) bond motifs is 3. The fraction of sp³-hybridized carbons (Fsp3) is 0.500. The number of nitrogens with one attached hydrogen (secondary N) is 1. The highest BCUT2D eigenvalue weighted by Gasteiger charge is 2.41. The number of H-pyrrole nitrogens is 1. The lowest BCUT2D eigenvalue weighted by Gasteiger charge is -2.24. The van der Waals surface area contributed by atoms with Crippen molar-refractivity contribution in [2.24, 2.45) is 11.7 Å². The van der Waals surface area contributed by atoms with E-state index < -0.39 is 11.7 Å². The van der Waals surface area contributed by atoms with Gasteiger partial charge in [0.05, 0.1) is 11.1 Å². The van der Waals surface area contributed by atoms with Gasteiger partial charge in [-0.2, -0.15) is 0 Å². The van der Waals surface area contributed by atoms with E-state index in [0.29, 0.717) is 11.0 Å². The SMILES string of the molecule is Cc1[nH]n2c(nc3cc(F)cc(C(N)=O)c32)c1C1(C)CCN(CC2CC2)C1. The lowest BCUT2D eigenvalue weighted by atomic mass is 9.81. The minimum absolute atomic E-state index is 0.0208. The van der Waals surface area contributed by atoms with Crippen LogP contribution in [0.15, 0.2) is 12.1 Å². The molecule has 1 amide bonds. The molecule has 2 fully saturated rings. The Kier molecular flexibility index (Phi) is 3.44. The summed E-state index contributed by atoms with van der Waals surface area (Å²) in [6, 6.07) is 2.54. The Labute approximate surface area is 156 Å². The third-order valence-corrected chi connectivity index (χ3v) is 6.23. The van der Waals surface area contributed by atoms with Crippen LogP contribution in [0.3, 0.4) is 0 Å². The van der Waals surface area contributed by atoms with Crippen LogP contribution < -0.4 is 5.73 Å². The van der Waals surface area contributed by atoms with Gasteiger partial charge >= 0.3 is 0 Å². The van der Waals surface area contributed by atoms with Crippen molar-refractivity contribution < 1.29 is 9.18 Å². The second kappa shape index (κ2) is 5.55. The largest absolute Gasteiger partial charge is 0.366 e. The third kappa shape index (κ3) is 2.56. The normalized spacial score (nSPS) is 23.7. The Balaban J connectivity index is 1.66. The Hall–Kier alpha value is -2.41. The van der Waals surface area contributed by atoms with Gasteiger partial charge in [-0.1, -0.05) is 6.92 Å². The number of imidazole rings is 1. The molecule has 3 N–H and O–H groups in total. The van der Waals surface area contributed by atoms with E-state index in [4.69, 9.17) is 10.7 Å². The van der Waals surface area contributed by atoms with Gasteiger partial charge in [0.1, 0.15) is 11.3 Å². The van der Waals surface area contributed by atoms with E-state index in [1.54, 1.807) is 4.52 Å². The van der Waals surface area contributed by atoms with Crippen LogP contribution in [0.5, 0.6) is 0 Å². The van der Waals surface area contributed by atoms with Crippen molar-refractivity contribution in [3.8, 4) is 0 Å². The Morgan fingerprint density at radius 2 is 2.22 bits per heavy atom. The van der Waals surface area contributed by atoms with Crippen LogP contribution in [0, 0.1) is 18.7 Å². The molecule has 5 rings (SSSR count). The fourth-order valence-corrected chi connectivity index (χ4v) is 4.84. The van der Waals surface area contributed by atoms with Crippen LogP contribution in [0.2, 0.25) is 0 Å². The second-order valence-electron chi connectivity index (χ2n) is 8.56. The van der Waals surface area contributed by atoms with Crippen molar-refractivity contribution in [1.29, 1.82) is 0 Å². The number of carbonyl (C=O) groups excluding carboxylic acids is 1. The molecule has 1 aliphatic carbocycles. The molecule has 142 valence electrons. The molecular formula is C20H24FN5O. The van der Waals surface area contributed by atoms with Crippen molar-refractivity contribution in [3.63, 3.8) is 0 Å². The summed E-state index contributed by atoms with van der Waals surface area (Å²) in [4.78, 5) is 19.1. The summed E-state index contributed by atoms with van der Waals surface area (Å²) in [5.41, 5.74) is 9.59. The summed E-state index contributed by atoms with van der Waals surface area (Å²) in [7, 11) is 0. The van der Waals surface area contributed by atoms with E-state index in [1.807, 2.05) is 6.92 Å². The zero-order valence-electron chi connectivity index (χ0n) is 15.7. The number of carbonyl (C=O) groups is 1. The maximum absolute atomic E-state index is 14.0. The van der Waals surface area contributed by atoms with Gasteiger partial charge in [-0.05, 0) is 44.7 Å². The molecular weight excluding hydrogens is 345 g/mol. The van der Waals surface area contributed by atoms with Gasteiger partial charge in [0.2, 0.25) is 0 Å². The number of aryl methyl sites for hydroxylation is 1. The van der Waals surface area contributed by atoms with E-state index in [1.165, 1.54) is 31.5 Å². The number of benzene rings is 1. The first-order valence-corrected chi connectivity index (χ1v) is 9.59. The molecule has 7 heteroatoms. The van der Waals surface area contributed by atoms with E-state index in [2.05, 4.69) is 16.9 Å². The number of primary amides is 1. The zero-order chi connectivity index (χ0) is 18.9. The summed E-state index contributed by atoms with van der Waals surface area (Å²) in [5, 5.41) is 3.34. The van der Waals surface area contributed by atoms with Gasteiger partial charge in [-0.3, -0.25) is 9.89 Å². The minimum Gasteiger partial charge on any atom is -0.366 e. The third-order valence-electron chi connectivity index (χ3n) is 6.23. The number of aromatic amines is 1. The van der Waals surface area contributed by atoms with Crippen LogP contribution in [0.4, 0.5) is 4.39 Å². The zero-order valence-corrected chi connectivity index (χ0v) is 15.7. The van der Waals surface area contributed by atoms with Crippen LogP contribution >= 0.6 is 0 Å². The summed E-state index contributed by atoms with van der Waals surface area (Å²) in [6.45, 7) is 7.59. The smallest absolute Gasteiger partial charge is 0.251 e. The maximum atomic E-state index is 14.0. The highest BCUT2D eigenvalue weighted by molar-refractivity contribution is 6.05. The van der Waals surface area contributed by atoms with Crippen LogP contribution in [0.25, 0.3) is 16.7 Å². The highest BCUT2D eigenvalue weighted by atomic mass is 19.1. The summed E-state index contributed by atoms with van der Waals surface area (Å²) in [6.07, 6.45) is 3.77. The molecule has 0 bridgehead atoms. The first-order valence-electron chi connectivity index (χ1n) is 9.59. The molecule has 27 heavy (non-hydrogen) atoms. The maximum Gasteiger partial charge on any atom is 0.251 e. The van der Waals surface area contributed by atoms with Crippen molar-refractivity contribution in [2.75, 3.05) is 19.6 Å². The van der Waals surface area contributed by atoms with Gasteiger partial charge in [0.15, 0.2) is 5.65 Å². The minimum atomic E-state index is -0.655. The van der Waals surface area contributed by atoms with Gasteiger partial charge in [-0.15, -0.1) is 0 Å². The number of hydrogen-bond acceptors (Lipinski definition) is 3. The topological polar surface area (TPSA) is 79.4 Å². The molecule has 3 heterocycles. The van der Waals surface area contributed by atoms with Crippen molar-refractivity contribution in [2.45, 2.75) is 38.5 Å². The second-order valence-corrected chi connectivity index (χ2v) is 8.56. The highest BCUT2D eigenvalue weighted by Crippen LogP contribution is 2.41. The van der Waals surface area contributed by atoms with Crippen molar-refractivity contribution in [3.05, 3.63) is 34.8 Å².